The van der Waals surface area contributed by atoms with Crippen LogP contribution < -0.4 is 10.9 Å². The molecule has 2 N–H and O–H groups in total. The first-order valence-electron chi connectivity index (χ1n) is 7.90. The lowest BCUT2D eigenvalue weighted by Gasteiger charge is -2.43. The summed E-state index contributed by atoms with van der Waals surface area (Å²) in [5, 5.41) is 22.1. The normalized spacial score (nSPS) is 25.5. The number of rotatable bonds is 5. The summed E-state index contributed by atoms with van der Waals surface area (Å²) in [6.45, 7) is 2.93. The van der Waals surface area contributed by atoms with E-state index in [2.05, 4.69) is 5.32 Å². The quantitative estimate of drug-likeness (QED) is 0.380. The smallest absolute Gasteiger partial charge is 0.327 e. The molecular formula is C15H16N4O7S. The number of carbonyl (C=O) groups excluding carboxylic acids is 2. The summed E-state index contributed by atoms with van der Waals surface area (Å²) in [4.78, 5) is 59.1. The van der Waals surface area contributed by atoms with Crippen LogP contribution in [0.1, 0.15) is 13.8 Å². The summed E-state index contributed by atoms with van der Waals surface area (Å²) in [7, 11) is 0. The standard InChI is InChI=1S/C15H16N4O7S/c1-15(2)11(14(23)24)18-12(22)10(13(18)27-15)16-8(20)6-17-5-7(19(25)26)3-4-9(17)21/h3-5,10-11,13H,6H2,1-2H3,(H,16,20)(H,23,24)/t10?,11-,13+/m0/s1. The Labute approximate surface area is 156 Å². The lowest BCUT2D eigenvalue weighted by molar-refractivity contribution is -0.385. The third-order valence-corrected chi connectivity index (χ3v) is 6.06. The van der Waals surface area contributed by atoms with E-state index >= 15 is 0 Å². The highest BCUT2D eigenvalue weighted by Crippen LogP contribution is 2.50. The number of carbonyl (C=O) groups is 3. The second-order valence-corrected chi connectivity index (χ2v) is 8.52. The van der Waals surface area contributed by atoms with Gasteiger partial charge in [-0.2, -0.15) is 0 Å². The maximum atomic E-state index is 12.3. The zero-order valence-electron chi connectivity index (χ0n) is 14.3. The monoisotopic (exact) mass is 396 g/mol. The summed E-state index contributed by atoms with van der Waals surface area (Å²) in [6, 6.07) is 0.120. The number of hydrogen-bond donors (Lipinski definition) is 2. The lowest BCUT2D eigenvalue weighted by atomic mass is 9.96. The molecule has 0 aromatic carbocycles. The van der Waals surface area contributed by atoms with Gasteiger partial charge in [-0.15, -0.1) is 11.8 Å². The van der Waals surface area contributed by atoms with Gasteiger partial charge in [0.2, 0.25) is 11.8 Å². The molecule has 0 bridgehead atoms. The Kier molecular flexibility index (Phi) is 4.46. The summed E-state index contributed by atoms with van der Waals surface area (Å²) in [5.74, 6) is -2.30. The van der Waals surface area contributed by atoms with Crippen LogP contribution in [0.3, 0.4) is 0 Å². The minimum Gasteiger partial charge on any atom is -0.480 e. The molecule has 2 aliphatic heterocycles. The molecule has 3 heterocycles. The van der Waals surface area contributed by atoms with Gasteiger partial charge in [0, 0.05) is 16.9 Å². The number of aliphatic carboxylic acids is 1. The molecule has 2 aliphatic rings. The number of nitrogens with one attached hydrogen (secondary N) is 1. The Hall–Kier alpha value is -2.89. The highest BCUT2D eigenvalue weighted by atomic mass is 32.2. The van der Waals surface area contributed by atoms with Gasteiger partial charge in [-0.3, -0.25) is 29.1 Å². The molecule has 0 aliphatic carbocycles. The molecular weight excluding hydrogens is 380 g/mol. The van der Waals surface area contributed by atoms with Crippen molar-refractivity contribution in [1.29, 1.82) is 0 Å². The Morgan fingerprint density at radius 3 is 2.63 bits per heavy atom. The number of fused-ring (bicyclic) bond motifs is 1. The number of carboxylic acid groups (broad SMARTS) is 1. The molecule has 3 rings (SSSR count). The Bertz CT molecular complexity index is 912. The third-order valence-electron chi connectivity index (χ3n) is 4.48. The number of nitro groups is 1. The van der Waals surface area contributed by atoms with Crippen LogP contribution in [0.5, 0.6) is 0 Å². The van der Waals surface area contributed by atoms with E-state index in [0.717, 1.165) is 22.9 Å². The maximum absolute atomic E-state index is 12.3. The average molecular weight is 396 g/mol. The van der Waals surface area contributed by atoms with Gasteiger partial charge in [0.25, 0.3) is 11.2 Å². The molecule has 0 spiro atoms. The summed E-state index contributed by atoms with van der Waals surface area (Å²) < 4.78 is 0.156. The van der Waals surface area contributed by atoms with Crippen LogP contribution >= 0.6 is 11.8 Å². The maximum Gasteiger partial charge on any atom is 0.327 e. The largest absolute Gasteiger partial charge is 0.480 e. The van der Waals surface area contributed by atoms with Crippen LogP contribution in [0.2, 0.25) is 0 Å². The van der Waals surface area contributed by atoms with Crippen molar-refractivity contribution >= 4 is 35.2 Å². The number of aromatic nitrogens is 1. The number of β-lactam (4-membered cyclic amide) rings is 1. The van der Waals surface area contributed by atoms with Gasteiger partial charge in [-0.05, 0) is 13.8 Å². The number of carboxylic acids is 1. The van der Waals surface area contributed by atoms with Crippen molar-refractivity contribution in [1.82, 2.24) is 14.8 Å². The fraction of sp³-hybridized carbons (Fsp3) is 0.467. The second kappa shape index (κ2) is 6.37. The first kappa shape index (κ1) is 18.9. The first-order valence-corrected chi connectivity index (χ1v) is 8.78. The number of amides is 2. The minimum absolute atomic E-state index is 0.342. The summed E-state index contributed by atoms with van der Waals surface area (Å²) in [5.41, 5.74) is -0.940. The van der Waals surface area contributed by atoms with E-state index < -0.39 is 57.0 Å². The number of thioether (sulfide) groups is 1. The van der Waals surface area contributed by atoms with E-state index in [4.69, 9.17) is 0 Å². The topological polar surface area (TPSA) is 152 Å². The van der Waals surface area contributed by atoms with Gasteiger partial charge >= 0.3 is 5.97 Å². The van der Waals surface area contributed by atoms with Crippen molar-refractivity contribution in [2.45, 2.75) is 42.6 Å². The van der Waals surface area contributed by atoms with Crippen LogP contribution in [-0.2, 0) is 20.9 Å². The first-order chi connectivity index (χ1) is 12.5. The minimum atomic E-state index is -1.11. The van der Waals surface area contributed by atoms with E-state index in [1.165, 1.54) is 16.7 Å². The fourth-order valence-electron chi connectivity index (χ4n) is 3.27. The molecule has 3 atom stereocenters. The predicted octanol–water partition coefficient (Wildman–Crippen LogP) is -0.612. The fourth-order valence-corrected chi connectivity index (χ4v) is 4.89. The van der Waals surface area contributed by atoms with Crippen LogP contribution in [-0.4, -0.2) is 59.5 Å². The number of pyridine rings is 1. The highest BCUT2D eigenvalue weighted by Gasteiger charge is 2.64. The molecule has 12 heteroatoms. The highest BCUT2D eigenvalue weighted by molar-refractivity contribution is 8.01. The Morgan fingerprint density at radius 1 is 1.37 bits per heavy atom. The zero-order valence-corrected chi connectivity index (χ0v) is 15.1. The molecule has 1 aromatic heterocycles. The number of hydrogen-bond acceptors (Lipinski definition) is 7. The summed E-state index contributed by atoms with van der Waals surface area (Å²) in [6.07, 6.45) is 0.949. The van der Waals surface area contributed by atoms with Crippen LogP contribution in [0.25, 0.3) is 0 Å². The molecule has 27 heavy (non-hydrogen) atoms. The average Bonchev–Trinajstić information content (AvgIpc) is 2.82. The molecule has 1 unspecified atom stereocenters. The van der Waals surface area contributed by atoms with Gasteiger partial charge in [0.15, 0.2) is 0 Å². The van der Waals surface area contributed by atoms with Gasteiger partial charge in [-0.1, -0.05) is 0 Å². The summed E-state index contributed by atoms with van der Waals surface area (Å²) >= 11 is 1.28. The molecule has 144 valence electrons. The molecule has 0 saturated carbocycles. The van der Waals surface area contributed by atoms with Crippen LogP contribution in [0, 0.1) is 10.1 Å². The van der Waals surface area contributed by atoms with Gasteiger partial charge in [0.05, 0.1) is 11.1 Å². The van der Waals surface area contributed by atoms with Gasteiger partial charge in [-0.25, -0.2) is 4.79 Å². The van der Waals surface area contributed by atoms with Crippen molar-refractivity contribution < 1.29 is 24.4 Å². The third kappa shape index (κ3) is 3.16. The van der Waals surface area contributed by atoms with Crippen molar-refractivity contribution in [2.75, 3.05) is 0 Å². The van der Waals surface area contributed by atoms with Crippen LogP contribution in [0.15, 0.2) is 23.1 Å². The van der Waals surface area contributed by atoms with E-state index in [1.807, 2.05) is 0 Å². The molecule has 2 amide bonds. The van der Waals surface area contributed by atoms with Crippen molar-refractivity contribution in [3.63, 3.8) is 0 Å². The van der Waals surface area contributed by atoms with Crippen molar-refractivity contribution in [3.8, 4) is 0 Å². The molecule has 11 nitrogen and oxygen atoms in total. The Balaban J connectivity index is 1.71. The Morgan fingerprint density at radius 2 is 2.04 bits per heavy atom. The van der Waals surface area contributed by atoms with Crippen LogP contribution in [0.4, 0.5) is 5.69 Å². The molecule has 2 saturated heterocycles. The van der Waals surface area contributed by atoms with Gasteiger partial charge in [0.1, 0.15) is 24.0 Å². The van der Waals surface area contributed by atoms with Crippen molar-refractivity contribution in [3.05, 3.63) is 38.8 Å². The van der Waals surface area contributed by atoms with E-state index in [1.54, 1.807) is 13.8 Å². The SMILES string of the molecule is CC1(C)S[C@@H]2C(NC(=O)Cn3cc([N+](=O)[O-])ccc3=O)C(=O)N2[C@H]1C(=O)O. The molecule has 0 radical (unpaired) electrons. The van der Waals surface area contributed by atoms with Crippen molar-refractivity contribution in [2.24, 2.45) is 0 Å². The zero-order chi connectivity index (χ0) is 20.1. The van der Waals surface area contributed by atoms with E-state index in [9.17, 15) is 34.4 Å². The molecule has 2 fully saturated rings. The van der Waals surface area contributed by atoms with Gasteiger partial charge < -0.3 is 15.3 Å². The predicted molar refractivity (Wildman–Crippen MR) is 93.0 cm³/mol. The molecule has 1 aromatic rings. The number of nitrogens with zero attached hydrogens (tertiary/aromatic N) is 3. The van der Waals surface area contributed by atoms with E-state index in [-0.39, 0.29) is 5.69 Å². The lowest BCUT2D eigenvalue weighted by Crippen LogP contribution is -2.70. The van der Waals surface area contributed by atoms with E-state index in [0.29, 0.717) is 0 Å². The second-order valence-electron chi connectivity index (χ2n) is 6.75.